The van der Waals surface area contributed by atoms with Crippen molar-refractivity contribution in [3.05, 3.63) is 29.8 Å². The van der Waals surface area contributed by atoms with Gasteiger partial charge in [0.15, 0.2) is 0 Å². The highest BCUT2D eigenvalue weighted by Gasteiger charge is 2.25. The molecule has 1 aromatic carbocycles. The van der Waals surface area contributed by atoms with Crippen LogP contribution in [0.5, 0.6) is 0 Å². The Hall–Kier alpha value is -0.470. The molecule has 0 amide bonds. The SMILES string of the molecule is CCNC1CCCC1CCSc1ccc(C(C)(C)C)cc1. The first-order chi connectivity index (χ1) is 10.0. The second-order valence-corrected chi connectivity index (χ2v) is 8.43. The Balaban J connectivity index is 1.78. The van der Waals surface area contributed by atoms with Gasteiger partial charge in [0.05, 0.1) is 0 Å². The molecule has 0 saturated heterocycles. The van der Waals surface area contributed by atoms with E-state index in [0.717, 1.165) is 18.5 Å². The standard InChI is InChI=1S/C19H31NS/c1-5-20-18-8-6-7-15(18)13-14-21-17-11-9-16(10-12-17)19(2,3)4/h9-12,15,18,20H,5-8,13-14H2,1-4H3. The fourth-order valence-corrected chi connectivity index (χ4v) is 4.28. The van der Waals surface area contributed by atoms with Crippen molar-refractivity contribution in [1.82, 2.24) is 5.32 Å². The summed E-state index contributed by atoms with van der Waals surface area (Å²) in [5.41, 5.74) is 1.68. The molecule has 21 heavy (non-hydrogen) atoms. The summed E-state index contributed by atoms with van der Waals surface area (Å²) in [6.07, 6.45) is 5.56. The molecule has 0 radical (unpaired) electrons. The van der Waals surface area contributed by atoms with Crippen molar-refractivity contribution in [2.75, 3.05) is 12.3 Å². The molecule has 1 aliphatic rings. The van der Waals surface area contributed by atoms with Gasteiger partial charge in [-0.3, -0.25) is 0 Å². The molecule has 2 unspecified atom stereocenters. The normalized spacial score (nSPS) is 22.7. The summed E-state index contributed by atoms with van der Waals surface area (Å²) in [5.74, 6) is 2.15. The van der Waals surface area contributed by atoms with E-state index >= 15 is 0 Å². The van der Waals surface area contributed by atoms with E-state index in [-0.39, 0.29) is 5.41 Å². The number of rotatable bonds is 6. The summed E-state index contributed by atoms with van der Waals surface area (Å²) in [4.78, 5) is 1.42. The fourth-order valence-electron chi connectivity index (χ4n) is 3.29. The molecule has 2 heteroatoms. The zero-order chi connectivity index (χ0) is 15.3. The average molecular weight is 306 g/mol. The fraction of sp³-hybridized carbons (Fsp3) is 0.684. The Labute approximate surface area is 135 Å². The van der Waals surface area contributed by atoms with Crippen molar-refractivity contribution in [1.29, 1.82) is 0 Å². The molecule has 1 N–H and O–H groups in total. The van der Waals surface area contributed by atoms with Crippen LogP contribution < -0.4 is 5.32 Å². The van der Waals surface area contributed by atoms with Crippen LogP contribution in [0.3, 0.4) is 0 Å². The van der Waals surface area contributed by atoms with E-state index < -0.39 is 0 Å². The molecule has 0 heterocycles. The minimum Gasteiger partial charge on any atom is -0.314 e. The number of hydrogen-bond acceptors (Lipinski definition) is 2. The molecule has 118 valence electrons. The third kappa shape index (κ3) is 5.03. The molecule has 1 nitrogen and oxygen atoms in total. The highest BCUT2D eigenvalue weighted by molar-refractivity contribution is 7.99. The van der Waals surface area contributed by atoms with Gasteiger partial charge in [-0.25, -0.2) is 0 Å². The van der Waals surface area contributed by atoms with Crippen LogP contribution in [0.15, 0.2) is 29.2 Å². The lowest BCUT2D eigenvalue weighted by molar-refractivity contribution is 0.400. The predicted octanol–water partition coefficient (Wildman–Crippen LogP) is 5.24. The lowest BCUT2D eigenvalue weighted by Gasteiger charge is -2.20. The molecular formula is C19H31NS. The average Bonchev–Trinajstić information content (AvgIpc) is 2.86. The Morgan fingerprint density at radius 2 is 1.86 bits per heavy atom. The third-order valence-corrected chi connectivity index (χ3v) is 5.65. The lowest BCUT2D eigenvalue weighted by atomic mass is 9.87. The Bertz CT molecular complexity index is 418. The van der Waals surface area contributed by atoms with E-state index in [4.69, 9.17) is 0 Å². The summed E-state index contributed by atoms with van der Waals surface area (Å²) in [6.45, 7) is 10.2. The van der Waals surface area contributed by atoms with Gasteiger partial charge >= 0.3 is 0 Å². The number of thioether (sulfide) groups is 1. The van der Waals surface area contributed by atoms with Crippen molar-refractivity contribution in [2.24, 2.45) is 5.92 Å². The highest BCUT2D eigenvalue weighted by Crippen LogP contribution is 2.31. The maximum absolute atomic E-state index is 3.66. The summed E-state index contributed by atoms with van der Waals surface area (Å²) < 4.78 is 0. The topological polar surface area (TPSA) is 12.0 Å². The maximum Gasteiger partial charge on any atom is 0.00955 e. The van der Waals surface area contributed by atoms with Crippen LogP contribution in [0.2, 0.25) is 0 Å². The number of nitrogens with one attached hydrogen (secondary N) is 1. The Morgan fingerprint density at radius 1 is 1.14 bits per heavy atom. The Morgan fingerprint density at radius 3 is 2.48 bits per heavy atom. The molecule has 2 atom stereocenters. The molecule has 0 aliphatic heterocycles. The molecule has 1 aliphatic carbocycles. The molecular weight excluding hydrogens is 274 g/mol. The summed E-state index contributed by atoms with van der Waals surface area (Å²) in [5, 5.41) is 3.66. The minimum absolute atomic E-state index is 0.256. The van der Waals surface area contributed by atoms with Gasteiger partial charge in [-0.2, -0.15) is 0 Å². The Kier molecular flexibility index (Phi) is 6.19. The van der Waals surface area contributed by atoms with E-state index in [9.17, 15) is 0 Å². The van der Waals surface area contributed by atoms with Gasteiger partial charge in [0.25, 0.3) is 0 Å². The number of benzene rings is 1. The van der Waals surface area contributed by atoms with Gasteiger partial charge in [0, 0.05) is 10.9 Å². The maximum atomic E-state index is 3.66. The molecule has 1 fully saturated rings. The molecule has 0 aromatic heterocycles. The van der Waals surface area contributed by atoms with Gasteiger partial charge < -0.3 is 5.32 Å². The van der Waals surface area contributed by atoms with Crippen molar-refractivity contribution >= 4 is 11.8 Å². The third-order valence-electron chi connectivity index (χ3n) is 4.60. The predicted molar refractivity (Wildman–Crippen MR) is 95.3 cm³/mol. The second kappa shape index (κ2) is 7.69. The van der Waals surface area contributed by atoms with Gasteiger partial charge in [-0.1, -0.05) is 46.2 Å². The first-order valence-electron chi connectivity index (χ1n) is 8.47. The molecule has 1 saturated carbocycles. The largest absolute Gasteiger partial charge is 0.314 e. The first-order valence-corrected chi connectivity index (χ1v) is 9.46. The van der Waals surface area contributed by atoms with Gasteiger partial charge in [0.2, 0.25) is 0 Å². The molecule has 2 rings (SSSR count). The molecule has 1 aromatic rings. The summed E-state index contributed by atoms with van der Waals surface area (Å²) in [7, 11) is 0. The van der Waals surface area contributed by atoms with E-state index in [1.807, 2.05) is 11.8 Å². The van der Waals surface area contributed by atoms with Crippen LogP contribution in [-0.2, 0) is 5.41 Å². The van der Waals surface area contributed by atoms with Crippen molar-refractivity contribution in [3.8, 4) is 0 Å². The number of hydrogen-bond donors (Lipinski definition) is 1. The summed E-state index contributed by atoms with van der Waals surface area (Å²) >= 11 is 2.02. The monoisotopic (exact) mass is 305 g/mol. The van der Waals surface area contributed by atoms with E-state index in [1.165, 1.54) is 41.9 Å². The quantitative estimate of drug-likeness (QED) is 0.721. The van der Waals surface area contributed by atoms with Crippen LogP contribution >= 0.6 is 11.8 Å². The van der Waals surface area contributed by atoms with Crippen LogP contribution in [0.4, 0.5) is 0 Å². The van der Waals surface area contributed by atoms with Crippen molar-refractivity contribution in [3.63, 3.8) is 0 Å². The zero-order valence-electron chi connectivity index (χ0n) is 14.1. The summed E-state index contributed by atoms with van der Waals surface area (Å²) in [6, 6.07) is 9.95. The van der Waals surface area contributed by atoms with E-state index in [1.54, 1.807) is 0 Å². The minimum atomic E-state index is 0.256. The van der Waals surface area contributed by atoms with Crippen molar-refractivity contribution < 1.29 is 0 Å². The van der Waals surface area contributed by atoms with E-state index in [0.29, 0.717) is 0 Å². The smallest absolute Gasteiger partial charge is 0.00955 e. The van der Waals surface area contributed by atoms with Gasteiger partial charge in [-0.15, -0.1) is 11.8 Å². The molecule has 0 spiro atoms. The van der Waals surface area contributed by atoms with Crippen molar-refractivity contribution in [2.45, 2.75) is 69.7 Å². The lowest BCUT2D eigenvalue weighted by Crippen LogP contribution is -2.32. The molecule has 0 bridgehead atoms. The highest BCUT2D eigenvalue weighted by atomic mass is 32.2. The first kappa shape index (κ1) is 16.9. The van der Waals surface area contributed by atoms with Crippen LogP contribution in [0.25, 0.3) is 0 Å². The van der Waals surface area contributed by atoms with E-state index in [2.05, 4.69) is 57.3 Å². The zero-order valence-corrected chi connectivity index (χ0v) is 14.9. The van der Waals surface area contributed by atoms with Crippen LogP contribution in [0.1, 0.15) is 58.9 Å². The van der Waals surface area contributed by atoms with Crippen LogP contribution in [-0.4, -0.2) is 18.3 Å². The van der Waals surface area contributed by atoms with Crippen LogP contribution in [0, 0.1) is 5.92 Å². The van der Waals surface area contributed by atoms with Gasteiger partial charge in [-0.05, 0) is 60.6 Å². The second-order valence-electron chi connectivity index (χ2n) is 7.27. The van der Waals surface area contributed by atoms with Gasteiger partial charge in [0.1, 0.15) is 0 Å².